The Morgan fingerprint density at radius 2 is 1.41 bits per heavy atom. The van der Waals surface area contributed by atoms with E-state index in [4.69, 9.17) is 23.2 Å². The van der Waals surface area contributed by atoms with E-state index < -0.39 is 11.9 Å². The molecule has 1 aliphatic heterocycles. The van der Waals surface area contributed by atoms with Crippen LogP contribution in [0.3, 0.4) is 0 Å². The second-order valence-corrected chi connectivity index (χ2v) is 7.66. The fourth-order valence-electron chi connectivity index (χ4n) is 3.52. The summed E-state index contributed by atoms with van der Waals surface area (Å²) in [5.74, 6) is -1.18. The first-order chi connectivity index (χ1) is 13.9. The predicted octanol–water partition coefficient (Wildman–Crippen LogP) is 6.19. The molecule has 3 aromatic rings. The van der Waals surface area contributed by atoms with Crippen molar-refractivity contribution in [1.82, 2.24) is 4.90 Å². The number of hydrogen-bond acceptors (Lipinski definition) is 2. The molecule has 146 valence electrons. The lowest BCUT2D eigenvalue weighted by Gasteiger charge is -2.27. The average Bonchev–Trinajstić information content (AvgIpc) is 2.96. The number of nitrogens with zero attached hydrogens (tertiary/aromatic N) is 1. The van der Waals surface area contributed by atoms with Gasteiger partial charge in [-0.15, -0.1) is 0 Å². The molecule has 6 heteroatoms. The fourth-order valence-corrected chi connectivity index (χ4v) is 3.77. The molecule has 0 spiro atoms. The van der Waals surface area contributed by atoms with Crippen LogP contribution in [0.2, 0.25) is 10.0 Å². The van der Waals surface area contributed by atoms with Crippen molar-refractivity contribution in [1.29, 1.82) is 0 Å². The number of carbonyl (C=O) groups is 1. The summed E-state index contributed by atoms with van der Waals surface area (Å²) in [4.78, 5) is 14.5. The summed E-state index contributed by atoms with van der Waals surface area (Å²) in [7, 11) is 0. The fraction of sp³-hybridized carbons (Fsp3) is 0.0870. The molecule has 0 unspecified atom stereocenters. The monoisotopic (exact) mass is 427 g/mol. The quantitative estimate of drug-likeness (QED) is 0.539. The highest BCUT2D eigenvalue weighted by atomic mass is 35.5. The maximum Gasteiger partial charge on any atom is 0.290 e. The second-order valence-electron chi connectivity index (χ2n) is 6.78. The summed E-state index contributed by atoms with van der Waals surface area (Å²) in [6, 6.07) is 19.4. The molecule has 1 aliphatic rings. The van der Waals surface area contributed by atoms with E-state index in [9.17, 15) is 14.3 Å². The Kier molecular flexibility index (Phi) is 5.31. The van der Waals surface area contributed by atoms with E-state index in [0.717, 1.165) is 5.56 Å². The van der Waals surface area contributed by atoms with Gasteiger partial charge in [0.15, 0.2) is 5.76 Å². The van der Waals surface area contributed by atoms with E-state index in [1.165, 1.54) is 12.1 Å². The molecule has 4 rings (SSSR count). The Morgan fingerprint density at radius 3 is 2.00 bits per heavy atom. The minimum atomic E-state index is -0.569. The van der Waals surface area contributed by atoms with Gasteiger partial charge >= 0.3 is 0 Å². The standard InChI is InChI=1S/C23H16Cl2FNO2/c24-17-7-1-14(2-8-17)13-27-21(16-5-11-19(26)12-6-16)20(22(28)23(27)29)15-3-9-18(25)10-4-15/h1-12,21,28H,13H2/t21-/m0/s1. The Labute approximate surface area is 177 Å². The van der Waals surface area contributed by atoms with Crippen molar-refractivity contribution < 1.29 is 14.3 Å². The number of rotatable bonds is 4. The molecule has 0 bridgehead atoms. The zero-order valence-electron chi connectivity index (χ0n) is 15.1. The van der Waals surface area contributed by atoms with Crippen molar-refractivity contribution in [3.8, 4) is 0 Å². The summed E-state index contributed by atoms with van der Waals surface area (Å²) >= 11 is 12.0. The summed E-state index contributed by atoms with van der Waals surface area (Å²) in [6.07, 6.45) is 0. The third-order valence-electron chi connectivity index (χ3n) is 4.91. The molecule has 3 nitrogen and oxygen atoms in total. The molecule has 0 aromatic heterocycles. The molecule has 1 N–H and O–H groups in total. The maximum absolute atomic E-state index is 13.5. The normalized spacial score (nSPS) is 16.6. The van der Waals surface area contributed by atoms with Crippen LogP contribution < -0.4 is 0 Å². The van der Waals surface area contributed by atoms with E-state index in [2.05, 4.69) is 0 Å². The third kappa shape index (κ3) is 3.86. The third-order valence-corrected chi connectivity index (χ3v) is 5.41. The van der Waals surface area contributed by atoms with Crippen molar-refractivity contribution in [2.75, 3.05) is 0 Å². The Balaban J connectivity index is 1.80. The first kappa shape index (κ1) is 19.5. The molecule has 3 aromatic carbocycles. The van der Waals surface area contributed by atoms with E-state index in [1.807, 2.05) is 12.1 Å². The van der Waals surface area contributed by atoms with Crippen molar-refractivity contribution in [3.63, 3.8) is 0 Å². The molecule has 1 atom stereocenters. The molecule has 0 radical (unpaired) electrons. The highest BCUT2D eigenvalue weighted by molar-refractivity contribution is 6.30. The first-order valence-electron chi connectivity index (χ1n) is 8.94. The number of halogens is 3. The van der Waals surface area contributed by atoms with Gasteiger partial charge in [-0.05, 0) is 53.1 Å². The highest BCUT2D eigenvalue weighted by Crippen LogP contribution is 2.44. The number of hydrogen-bond donors (Lipinski definition) is 1. The van der Waals surface area contributed by atoms with Crippen LogP contribution in [0.5, 0.6) is 0 Å². The van der Waals surface area contributed by atoms with Crippen LogP contribution in [0, 0.1) is 5.82 Å². The predicted molar refractivity (Wildman–Crippen MR) is 112 cm³/mol. The van der Waals surface area contributed by atoms with Gasteiger partial charge in [-0.25, -0.2) is 4.39 Å². The first-order valence-corrected chi connectivity index (χ1v) is 9.69. The summed E-state index contributed by atoms with van der Waals surface area (Å²) < 4.78 is 13.5. The van der Waals surface area contributed by atoms with Crippen LogP contribution in [0.25, 0.3) is 5.57 Å². The molecule has 0 saturated heterocycles. The Bertz CT molecular complexity index is 1080. The molecule has 1 heterocycles. The molecular formula is C23H16Cl2FNO2. The molecule has 0 aliphatic carbocycles. The molecular weight excluding hydrogens is 412 g/mol. The lowest BCUT2D eigenvalue weighted by molar-refractivity contribution is -0.130. The topological polar surface area (TPSA) is 40.5 Å². The summed E-state index contributed by atoms with van der Waals surface area (Å²) in [5.41, 5.74) is 2.70. The summed E-state index contributed by atoms with van der Waals surface area (Å²) in [6.45, 7) is 0.263. The second kappa shape index (κ2) is 7.90. The largest absolute Gasteiger partial charge is 0.503 e. The lowest BCUT2D eigenvalue weighted by atomic mass is 9.93. The maximum atomic E-state index is 13.5. The minimum Gasteiger partial charge on any atom is -0.503 e. The SMILES string of the molecule is O=C1C(O)=C(c2ccc(Cl)cc2)[C@H](c2ccc(F)cc2)N1Cc1ccc(Cl)cc1. The van der Waals surface area contributed by atoms with E-state index >= 15 is 0 Å². The zero-order valence-corrected chi connectivity index (χ0v) is 16.7. The van der Waals surface area contributed by atoms with Crippen LogP contribution >= 0.6 is 23.2 Å². The van der Waals surface area contributed by atoms with Gasteiger partial charge in [-0.3, -0.25) is 4.79 Å². The van der Waals surface area contributed by atoms with Gasteiger partial charge in [0.1, 0.15) is 5.82 Å². The van der Waals surface area contributed by atoms with Crippen LogP contribution in [-0.2, 0) is 11.3 Å². The van der Waals surface area contributed by atoms with Crippen molar-refractivity contribution in [2.24, 2.45) is 0 Å². The minimum absolute atomic E-state index is 0.263. The van der Waals surface area contributed by atoms with Gasteiger partial charge in [-0.2, -0.15) is 0 Å². The lowest BCUT2D eigenvalue weighted by Crippen LogP contribution is -2.29. The zero-order chi connectivity index (χ0) is 20.5. The molecule has 29 heavy (non-hydrogen) atoms. The number of aliphatic hydroxyl groups is 1. The Morgan fingerprint density at radius 1 is 0.862 bits per heavy atom. The van der Waals surface area contributed by atoms with Gasteiger partial charge in [0.05, 0.1) is 6.04 Å². The smallest absolute Gasteiger partial charge is 0.290 e. The number of carbonyl (C=O) groups excluding carboxylic acids is 1. The van der Waals surface area contributed by atoms with Gasteiger partial charge in [0.25, 0.3) is 5.91 Å². The highest BCUT2D eigenvalue weighted by Gasteiger charge is 2.40. The molecule has 1 amide bonds. The van der Waals surface area contributed by atoms with E-state index in [1.54, 1.807) is 53.4 Å². The average molecular weight is 428 g/mol. The van der Waals surface area contributed by atoms with Crippen molar-refractivity contribution in [3.05, 3.63) is 111 Å². The number of aliphatic hydroxyl groups excluding tert-OH is 1. The van der Waals surface area contributed by atoms with Crippen LogP contribution in [0.4, 0.5) is 4.39 Å². The van der Waals surface area contributed by atoms with E-state index in [0.29, 0.717) is 26.7 Å². The Hall–Kier alpha value is -2.82. The van der Waals surface area contributed by atoms with Gasteiger partial charge in [0, 0.05) is 22.2 Å². The van der Waals surface area contributed by atoms with E-state index in [-0.39, 0.29) is 18.1 Å². The van der Waals surface area contributed by atoms with Crippen molar-refractivity contribution >= 4 is 34.7 Å². The van der Waals surface area contributed by atoms with Gasteiger partial charge in [-0.1, -0.05) is 59.6 Å². The van der Waals surface area contributed by atoms with Gasteiger partial charge < -0.3 is 10.0 Å². The number of benzene rings is 3. The van der Waals surface area contributed by atoms with Gasteiger partial charge in [0.2, 0.25) is 0 Å². The molecule has 0 saturated carbocycles. The van der Waals surface area contributed by atoms with Crippen LogP contribution in [0.15, 0.2) is 78.6 Å². The van der Waals surface area contributed by atoms with Crippen molar-refractivity contribution in [2.45, 2.75) is 12.6 Å². The summed E-state index contributed by atoms with van der Waals surface area (Å²) in [5, 5.41) is 11.9. The van der Waals surface area contributed by atoms with Crippen LogP contribution in [-0.4, -0.2) is 15.9 Å². The number of amides is 1. The van der Waals surface area contributed by atoms with Crippen LogP contribution in [0.1, 0.15) is 22.7 Å². The molecule has 0 fully saturated rings.